The van der Waals surface area contributed by atoms with Crippen LogP contribution in [0.3, 0.4) is 0 Å². The van der Waals surface area contributed by atoms with E-state index in [1.54, 1.807) is 29.2 Å². The minimum absolute atomic E-state index is 0.0675. The van der Waals surface area contributed by atoms with Gasteiger partial charge in [0.2, 0.25) is 10.0 Å². The van der Waals surface area contributed by atoms with Gasteiger partial charge in [-0.15, -0.1) is 0 Å². The van der Waals surface area contributed by atoms with Crippen LogP contribution in [0.5, 0.6) is 5.75 Å². The second-order valence-corrected chi connectivity index (χ2v) is 7.68. The molecule has 0 aromatic heterocycles. The Hall–Kier alpha value is -2.38. The van der Waals surface area contributed by atoms with Crippen molar-refractivity contribution in [2.24, 2.45) is 0 Å². The van der Waals surface area contributed by atoms with Gasteiger partial charge in [-0.1, -0.05) is 18.2 Å². The zero-order chi connectivity index (χ0) is 17.9. The monoisotopic (exact) mass is 360 g/mol. The molecule has 132 valence electrons. The topological polar surface area (TPSA) is 66.9 Å². The number of nitrogens with zero attached hydrogens (tertiary/aromatic N) is 2. The van der Waals surface area contributed by atoms with Crippen LogP contribution >= 0.6 is 0 Å². The highest BCUT2D eigenvalue weighted by Gasteiger charge is 2.30. The molecular weight excluding hydrogens is 340 g/mol. The molecule has 0 atom stereocenters. The fourth-order valence-corrected chi connectivity index (χ4v) is 4.21. The molecule has 1 fully saturated rings. The molecule has 1 saturated heterocycles. The van der Waals surface area contributed by atoms with E-state index in [1.807, 2.05) is 18.2 Å². The molecule has 0 saturated carbocycles. The number of amides is 1. The number of piperazine rings is 1. The number of sulfonamides is 1. The molecule has 25 heavy (non-hydrogen) atoms. The minimum atomic E-state index is -3.56. The van der Waals surface area contributed by atoms with E-state index in [4.69, 9.17) is 4.74 Å². The fourth-order valence-electron chi connectivity index (χ4n) is 2.79. The number of benzene rings is 2. The van der Waals surface area contributed by atoms with Gasteiger partial charge in [0.15, 0.2) is 0 Å². The first kappa shape index (κ1) is 17.4. The van der Waals surface area contributed by atoms with Crippen molar-refractivity contribution in [2.75, 3.05) is 33.3 Å². The van der Waals surface area contributed by atoms with Crippen molar-refractivity contribution in [3.63, 3.8) is 0 Å². The lowest BCUT2D eigenvalue weighted by Crippen LogP contribution is -2.50. The maximum Gasteiger partial charge on any atom is 0.253 e. The van der Waals surface area contributed by atoms with Crippen LogP contribution in [0.4, 0.5) is 0 Å². The molecule has 1 aliphatic rings. The highest BCUT2D eigenvalue weighted by Crippen LogP contribution is 2.21. The predicted molar refractivity (Wildman–Crippen MR) is 94.1 cm³/mol. The third-order valence-electron chi connectivity index (χ3n) is 4.24. The smallest absolute Gasteiger partial charge is 0.253 e. The number of hydrogen-bond donors (Lipinski definition) is 0. The van der Waals surface area contributed by atoms with Crippen LogP contribution < -0.4 is 4.74 Å². The molecule has 0 radical (unpaired) electrons. The Morgan fingerprint density at radius 3 is 2.08 bits per heavy atom. The lowest BCUT2D eigenvalue weighted by Gasteiger charge is -2.34. The average Bonchev–Trinajstić information content (AvgIpc) is 2.68. The van der Waals surface area contributed by atoms with E-state index in [1.165, 1.54) is 23.5 Å². The molecule has 6 nitrogen and oxygen atoms in total. The van der Waals surface area contributed by atoms with Crippen LogP contribution in [0.15, 0.2) is 59.5 Å². The maximum atomic E-state index is 12.7. The van der Waals surface area contributed by atoms with Crippen molar-refractivity contribution in [1.82, 2.24) is 9.21 Å². The Balaban J connectivity index is 1.67. The van der Waals surface area contributed by atoms with Gasteiger partial charge in [0, 0.05) is 31.7 Å². The van der Waals surface area contributed by atoms with Gasteiger partial charge in [-0.2, -0.15) is 4.31 Å². The summed E-state index contributed by atoms with van der Waals surface area (Å²) in [6, 6.07) is 15.4. The molecule has 2 aromatic carbocycles. The van der Waals surface area contributed by atoms with Crippen molar-refractivity contribution in [3.05, 3.63) is 60.2 Å². The molecule has 0 aliphatic carbocycles. The van der Waals surface area contributed by atoms with E-state index in [0.29, 0.717) is 24.4 Å². The quantitative estimate of drug-likeness (QED) is 0.834. The zero-order valence-corrected chi connectivity index (χ0v) is 14.8. The molecule has 0 bridgehead atoms. The molecule has 7 heteroatoms. The molecule has 3 rings (SSSR count). The summed E-state index contributed by atoms with van der Waals surface area (Å²) in [6.45, 7) is 1.33. The standard InChI is InChI=1S/C18H20N2O4S/c1-24-16-7-9-17(10-8-16)25(22,23)20-13-11-19(12-14-20)18(21)15-5-3-2-4-6-15/h2-10H,11-14H2,1H3. The highest BCUT2D eigenvalue weighted by atomic mass is 32.2. The second kappa shape index (κ2) is 7.25. The van der Waals surface area contributed by atoms with E-state index in [2.05, 4.69) is 0 Å². The third kappa shape index (κ3) is 3.67. The van der Waals surface area contributed by atoms with E-state index in [0.717, 1.165) is 0 Å². The summed E-state index contributed by atoms with van der Waals surface area (Å²) < 4.78 is 31.9. The minimum Gasteiger partial charge on any atom is -0.497 e. The van der Waals surface area contributed by atoms with Gasteiger partial charge in [0.25, 0.3) is 5.91 Å². The Kier molecular flexibility index (Phi) is 5.06. The number of ether oxygens (including phenoxy) is 1. The van der Waals surface area contributed by atoms with Gasteiger partial charge in [0.05, 0.1) is 12.0 Å². The van der Waals surface area contributed by atoms with Crippen LogP contribution in [0.1, 0.15) is 10.4 Å². The second-order valence-electron chi connectivity index (χ2n) is 5.74. The lowest BCUT2D eigenvalue weighted by atomic mass is 10.2. The predicted octanol–water partition coefficient (Wildman–Crippen LogP) is 1.84. The lowest BCUT2D eigenvalue weighted by molar-refractivity contribution is 0.0698. The molecule has 1 amide bonds. The Labute approximate surface area is 147 Å². The van der Waals surface area contributed by atoms with E-state index in [-0.39, 0.29) is 23.9 Å². The average molecular weight is 360 g/mol. The maximum absolute atomic E-state index is 12.7. The van der Waals surface area contributed by atoms with Crippen LogP contribution in [0, 0.1) is 0 Å². The first-order chi connectivity index (χ1) is 12.0. The van der Waals surface area contributed by atoms with Crippen molar-refractivity contribution < 1.29 is 17.9 Å². The fraction of sp³-hybridized carbons (Fsp3) is 0.278. The number of methoxy groups -OCH3 is 1. The van der Waals surface area contributed by atoms with Gasteiger partial charge in [-0.05, 0) is 36.4 Å². The number of carbonyl (C=O) groups excluding carboxylic acids is 1. The number of hydrogen-bond acceptors (Lipinski definition) is 4. The summed E-state index contributed by atoms with van der Waals surface area (Å²) in [5.41, 5.74) is 0.619. The summed E-state index contributed by atoms with van der Waals surface area (Å²) in [6.07, 6.45) is 0. The molecule has 0 unspecified atom stereocenters. The SMILES string of the molecule is COc1ccc(S(=O)(=O)N2CCN(C(=O)c3ccccc3)CC2)cc1. The molecule has 0 N–H and O–H groups in total. The summed E-state index contributed by atoms with van der Waals surface area (Å²) in [5.74, 6) is 0.541. The van der Waals surface area contributed by atoms with Gasteiger partial charge in [-0.25, -0.2) is 8.42 Å². The first-order valence-corrected chi connectivity index (χ1v) is 9.45. The van der Waals surface area contributed by atoms with Gasteiger partial charge < -0.3 is 9.64 Å². The van der Waals surface area contributed by atoms with Crippen molar-refractivity contribution in [2.45, 2.75) is 4.90 Å². The first-order valence-electron chi connectivity index (χ1n) is 8.01. The number of carbonyl (C=O) groups is 1. The van der Waals surface area contributed by atoms with Crippen LogP contribution in [0.25, 0.3) is 0 Å². The summed E-state index contributed by atoms with van der Waals surface area (Å²) in [7, 11) is -2.03. The van der Waals surface area contributed by atoms with Crippen molar-refractivity contribution >= 4 is 15.9 Å². The molecule has 0 spiro atoms. The molecule has 2 aromatic rings. The summed E-state index contributed by atoms with van der Waals surface area (Å²) in [4.78, 5) is 14.4. The highest BCUT2D eigenvalue weighted by molar-refractivity contribution is 7.89. The molecule has 1 heterocycles. The molecular formula is C18H20N2O4S. The molecule has 1 aliphatic heterocycles. The normalized spacial score (nSPS) is 15.8. The van der Waals surface area contributed by atoms with Crippen molar-refractivity contribution in [1.29, 1.82) is 0 Å². The Bertz CT molecular complexity index is 827. The van der Waals surface area contributed by atoms with Crippen LogP contribution in [-0.2, 0) is 10.0 Å². The van der Waals surface area contributed by atoms with Crippen molar-refractivity contribution in [3.8, 4) is 5.75 Å². The van der Waals surface area contributed by atoms with E-state index in [9.17, 15) is 13.2 Å². The third-order valence-corrected chi connectivity index (χ3v) is 6.16. The van der Waals surface area contributed by atoms with E-state index < -0.39 is 10.0 Å². The summed E-state index contributed by atoms with van der Waals surface area (Å²) in [5, 5.41) is 0. The van der Waals surface area contributed by atoms with E-state index >= 15 is 0 Å². The number of rotatable bonds is 4. The van der Waals surface area contributed by atoms with Gasteiger partial charge in [-0.3, -0.25) is 4.79 Å². The zero-order valence-electron chi connectivity index (χ0n) is 14.0. The van der Waals surface area contributed by atoms with Crippen LogP contribution in [0.2, 0.25) is 0 Å². The Morgan fingerprint density at radius 1 is 0.920 bits per heavy atom. The van der Waals surface area contributed by atoms with Crippen LogP contribution in [-0.4, -0.2) is 56.8 Å². The van der Waals surface area contributed by atoms with Gasteiger partial charge >= 0.3 is 0 Å². The Morgan fingerprint density at radius 2 is 1.52 bits per heavy atom. The summed E-state index contributed by atoms with van der Waals surface area (Å²) >= 11 is 0. The largest absolute Gasteiger partial charge is 0.497 e. The van der Waals surface area contributed by atoms with Gasteiger partial charge in [0.1, 0.15) is 5.75 Å².